The minimum Gasteiger partial charge on any atom is -0.472 e. The Kier molecular flexibility index (Phi) is 4.34. The van der Waals surface area contributed by atoms with Crippen molar-refractivity contribution in [3.63, 3.8) is 0 Å². The van der Waals surface area contributed by atoms with Crippen LogP contribution in [0.15, 0.2) is 48.7 Å². The molecule has 3 heterocycles. The number of aromatic nitrogens is 2. The van der Waals surface area contributed by atoms with Crippen LogP contribution in [-0.2, 0) is 6.42 Å². The predicted molar refractivity (Wildman–Crippen MR) is 105 cm³/mol. The first kappa shape index (κ1) is 16.8. The van der Waals surface area contributed by atoms with Gasteiger partial charge in [0, 0.05) is 60.5 Å². The Morgan fingerprint density at radius 1 is 1.19 bits per heavy atom. The number of aliphatic hydroxyl groups is 1. The van der Waals surface area contributed by atoms with E-state index in [4.69, 9.17) is 4.74 Å². The average Bonchev–Trinajstić information content (AvgIpc) is 3.08. The van der Waals surface area contributed by atoms with E-state index in [0.717, 1.165) is 32.4 Å². The lowest BCUT2D eigenvalue weighted by molar-refractivity contribution is 0.0189. The van der Waals surface area contributed by atoms with Gasteiger partial charge in [0.25, 0.3) is 0 Å². The number of rotatable bonds is 5. The van der Waals surface area contributed by atoms with Crippen LogP contribution < -0.4 is 4.74 Å². The molecule has 3 aromatic rings. The highest BCUT2D eigenvalue weighted by Gasteiger charge is 2.43. The summed E-state index contributed by atoms with van der Waals surface area (Å²) in [7, 11) is 0. The number of benzene rings is 1. The first-order valence-electron chi connectivity index (χ1n) is 9.85. The summed E-state index contributed by atoms with van der Waals surface area (Å²) < 4.78 is 6.37. The number of nitrogens with zero attached hydrogens (tertiary/aromatic N) is 2. The Bertz CT molecular complexity index is 924. The van der Waals surface area contributed by atoms with E-state index < -0.39 is 0 Å². The molecule has 0 radical (unpaired) electrons. The van der Waals surface area contributed by atoms with Gasteiger partial charge in [0.1, 0.15) is 6.10 Å². The molecule has 0 spiro atoms. The summed E-state index contributed by atoms with van der Waals surface area (Å²) in [6.45, 7) is 2.02. The van der Waals surface area contributed by atoms with Crippen LogP contribution in [0.1, 0.15) is 30.0 Å². The number of piperidine rings is 1. The van der Waals surface area contributed by atoms with Crippen LogP contribution >= 0.6 is 0 Å². The van der Waals surface area contributed by atoms with Gasteiger partial charge in [-0.15, -0.1) is 0 Å². The topological polar surface area (TPSA) is 61.4 Å². The van der Waals surface area contributed by atoms with Crippen LogP contribution in [0, 0.1) is 0 Å². The number of pyridine rings is 1. The van der Waals surface area contributed by atoms with E-state index in [9.17, 15) is 5.11 Å². The maximum absolute atomic E-state index is 9.32. The molecule has 5 nitrogen and oxygen atoms in total. The fourth-order valence-corrected chi connectivity index (χ4v) is 4.85. The molecule has 2 aliphatic rings. The largest absolute Gasteiger partial charge is 0.472 e. The lowest BCUT2D eigenvalue weighted by Crippen LogP contribution is -2.54. The normalized spacial score (nSPS) is 24.7. The molecule has 1 aliphatic carbocycles. The number of hydrogen-bond donors (Lipinski definition) is 2. The summed E-state index contributed by atoms with van der Waals surface area (Å²) in [5.74, 6) is 1.03. The van der Waals surface area contributed by atoms with Crippen LogP contribution in [0.5, 0.6) is 5.88 Å². The molecule has 1 aromatic carbocycles. The van der Waals surface area contributed by atoms with E-state index in [1.807, 2.05) is 18.2 Å². The highest BCUT2D eigenvalue weighted by molar-refractivity contribution is 5.85. The molecule has 1 aliphatic heterocycles. The summed E-state index contributed by atoms with van der Waals surface area (Å²) in [5, 5.41) is 10.7. The Labute approximate surface area is 159 Å². The zero-order valence-electron chi connectivity index (χ0n) is 15.3. The third kappa shape index (κ3) is 3.01. The van der Waals surface area contributed by atoms with Crippen molar-refractivity contribution >= 4 is 10.9 Å². The summed E-state index contributed by atoms with van der Waals surface area (Å²) >= 11 is 0. The number of H-pyrrole nitrogens is 1. The first-order chi connectivity index (χ1) is 13.3. The fraction of sp³-hybridized carbons (Fsp3) is 0.409. The van der Waals surface area contributed by atoms with Crippen molar-refractivity contribution in [1.82, 2.24) is 14.9 Å². The van der Waals surface area contributed by atoms with E-state index in [1.165, 1.54) is 22.2 Å². The molecule has 2 aromatic heterocycles. The molecule has 5 rings (SSSR count). The van der Waals surface area contributed by atoms with Crippen molar-refractivity contribution in [2.75, 3.05) is 19.7 Å². The fourth-order valence-electron chi connectivity index (χ4n) is 4.85. The minimum absolute atomic E-state index is 0.0574. The van der Waals surface area contributed by atoms with Crippen molar-refractivity contribution in [3.05, 3.63) is 59.9 Å². The van der Waals surface area contributed by atoms with Gasteiger partial charge in [-0.1, -0.05) is 24.3 Å². The zero-order valence-corrected chi connectivity index (χ0v) is 15.3. The number of hydrogen-bond acceptors (Lipinski definition) is 4. The molecule has 0 saturated carbocycles. The number of ether oxygens (including phenoxy) is 1. The van der Waals surface area contributed by atoms with Crippen LogP contribution in [0.4, 0.5) is 0 Å². The highest BCUT2D eigenvalue weighted by atomic mass is 16.5. The maximum atomic E-state index is 9.32. The third-order valence-electron chi connectivity index (χ3n) is 6.08. The van der Waals surface area contributed by atoms with E-state index in [-0.39, 0.29) is 12.7 Å². The smallest absolute Gasteiger partial charge is 0.213 e. The number of para-hydroxylation sites is 1. The van der Waals surface area contributed by atoms with Gasteiger partial charge in [0.15, 0.2) is 0 Å². The molecule has 1 saturated heterocycles. The van der Waals surface area contributed by atoms with Gasteiger partial charge in [-0.05, 0) is 37.0 Å². The maximum Gasteiger partial charge on any atom is 0.213 e. The number of likely N-dealkylation sites (tertiary alicyclic amines) is 1. The first-order valence-corrected chi connectivity index (χ1v) is 9.85. The average molecular weight is 363 g/mol. The van der Waals surface area contributed by atoms with E-state index >= 15 is 0 Å². The lowest BCUT2D eigenvalue weighted by atomic mass is 9.76. The zero-order chi connectivity index (χ0) is 18.2. The van der Waals surface area contributed by atoms with Crippen LogP contribution in [-0.4, -0.2) is 51.8 Å². The van der Waals surface area contributed by atoms with E-state index in [0.29, 0.717) is 17.8 Å². The van der Waals surface area contributed by atoms with Gasteiger partial charge in [-0.2, -0.15) is 0 Å². The van der Waals surface area contributed by atoms with Crippen molar-refractivity contribution in [2.45, 2.75) is 37.3 Å². The van der Waals surface area contributed by atoms with Crippen molar-refractivity contribution in [2.24, 2.45) is 0 Å². The van der Waals surface area contributed by atoms with Gasteiger partial charge >= 0.3 is 0 Å². The van der Waals surface area contributed by atoms with Gasteiger partial charge < -0.3 is 14.8 Å². The van der Waals surface area contributed by atoms with Gasteiger partial charge in [-0.3, -0.25) is 4.90 Å². The highest BCUT2D eigenvalue weighted by Crippen LogP contribution is 2.43. The number of aromatic amines is 1. The van der Waals surface area contributed by atoms with Gasteiger partial charge in [0.2, 0.25) is 5.88 Å². The lowest BCUT2D eigenvalue weighted by Gasteiger charge is -2.46. The second kappa shape index (κ2) is 6.98. The van der Waals surface area contributed by atoms with E-state index in [2.05, 4.69) is 39.1 Å². The van der Waals surface area contributed by atoms with Crippen molar-refractivity contribution in [1.29, 1.82) is 0 Å². The van der Waals surface area contributed by atoms with Crippen molar-refractivity contribution in [3.8, 4) is 5.88 Å². The molecular formula is C22H25N3O2. The molecule has 0 unspecified atom stereocenters. The second-order valence-electron chi connectivity index (χ2n) is 7.66. The molecule has 5 heteroatoms. The van der Waals surface area contributed by atoms with Gasteiger partial charge in [-0.25, -0.2) is 4.98 Å². The summed E-state index contributed by atoms with van der Waals surface area (Å²) in [4.78, 5) is 10.6. The third-order valence-corrected chi connectivity index (χ3v) is 6.08. The second-order valence-corrected chi connectivity index (χ2v) is 7.66. The molecular weight excluding hydrogens is 338 g/mol. The molecule has 1 fully saturated rings. The predicted octanol–water partition coefficient (Wildman–Crippen LogP) is 3.11. The Hall–Kier alpha value is -2.37. The number of aliphatic hydroxyl groups excluding tert-OH is 1. The van der Waals surface area contributed by atoms with Gasteiger partial charge in [0.05, 0.1) is 0 Å². The van der Waals surface area contributed by atoms with Crippen molar-refractivity contribution < 1.29 is 9.84 Å². The number of fused-ring (bicyclic) bond motifs is 6. The Morgan fingerprint density at radius 3 is 2.93 bits per heavy atom. The Balaban J connectivity index is 1.53. The summed E-state index contributed by atoms with van der Waals surface area (Å²) in [5.41, 5.74) is 4.00. The molecule has 2 bridgehead atoms. The molecule has 3 atom stereocenters. The molecule has 27 heavy (non-hydrogen) atoms. The minimum atomic E-state index is 0.0574. The van der Waals surface area contributed by atoms with Crippen LogP contribution in [0.25, 0.3) is 10.9 Å². The van der Waals surface area contributed by atoms with Crippen LogP contribution in [0.2, 0.25) is 0 Å². The van der Waals surface area contributed by atoms with E-state index in [1.54, 1.807) is 6.20 Å². The number of nitrogens with one attached hydrogen (secondary N) is 1. The molecule has 140 valence electrons. The quantitative estimate of drug-likeness (QED) is 0.731. The standard InChI is InChI=1S/C22H25N3O2/c26-11-5-10-25-14-20(27-21-8-3-4-9-23-21)18-13-15(25)12-17-16-6-1-2-7-19(16)24-22(17)18/h1-4,6-9,15,18,20,24,26H,5,10-14H2/t15-,18+,20-/m0/s1. The monoisotopic (exact) mass is 363 g/mol. The Morgan fingerprint density at radius 2 is 2.07 bits per heavy atom. The molecule has 2 N–H and O–H groups in total. The summed E-state index contributed by atoms with van der Waals surface area (Å²) in [6.07, 6.45) is 4.79. The molecule has 0 amide bonds. The SMILES string of the molecule is OCCCN1C[C@H](Oc2ccccn2)[C@H]2C[C@@H]1Cc1c2[nH]c2ccccc12. The van der Waals surface area contributed by atoms with Crippen LogP contribution in [0.3, 0.4) is 0 Å². The summed E-state index contributed by atoms with van der Waals surface area (Å²) in [6, 6.07) is 14.9.